The summed E-state index contributed by atoms with van der Waals surface area (Å²) < 4.78 is 0. The first kappa shape index (κ1) is 13.3. The van der Waals surface area contributed by atoms with Crippen molar-refractivity contribution < 1.29 is 14.4 Å². The number of hydrogen-bond acceptors (Lipinski definition) is 3. The van der Waals surface area contributed by atoms with Crippen molar-refractivity contribution in [3.8, 4) is 0 Å². The van der Waals surface area contributed by atoms with Crippen LogP contribution in [0.3, 0.4) is 0 Å². The Kier molecular flexibility index (Phi) is 3.19. The Balaban J connectivity index is 2.04. The van der Waals surface area contributed by atoms with Crippen LogP contribution in [-0.2, 0) is 9.59 Å². The molecule has 2 aromatic rings. The summed E-state index contributed by atoms with van der Waals surface area (Å²) in [7, 11) is 0. The van der Waals surface area contributed by atoms with Crippen LogP contribution in [0.4, 0.5) is 16.2 Å². The standard InChI is InChI=1S/C15H9ClN2O3/c16-10-5-4-8-12(9-10)18-14(20)13(19)17(15(18)21)11-6-2-1-3-7-11/h1-9H. The summed E-state index contributed by atoms with van der Waals surface area (Å²) in [4.78, 5) is 38.2. The maximum Gasteiger partial charge on any atom is 0.343 e. The Morgan fingerprint density at radius 3 is 1.90 bits per heavy atom. The van der Waals surface area contributed by atoms with Crippen LogP contribution in [0, 0.1) is 0 Å². The molecule has 2 aromatic carbocycles. The van der Waals surface area contributed by atoms with E-state index in [1.807, 2.05) is 0 Å². The smallest absolute Gasteiger partial charge is 0.262 e. The summed E-state index contributed by atoms with van der Waals surface area (Å²) in [6, 6.07) is 13.8. The van der Waals surface area contributed by atoms with Crippen LogP contribution in [0.2, 0.25) is 5.02 Å². The second-order valence-electron chi connectivity index (χ2n) is 4.38. The van der Waals surface area contributed by atoms with Gasteiger partial charge >= 0.3 is 17.8 Å². The molecule has 0 radical (unpaired) electrons. The first-order valence-electron chi connectivity index (χ1n) is 6.13. The number of hydrogen-bond donors (Lipinski definition) is 0. The molecule has 21 heavy (non-hydrogen) atoms. The summed E-state index contributed by atoms with van der Waals surface area (Å²) in [5.74, 6) is -1.78. The molecular weight excluding hydrogens is 292 g/mol. The Bertz CT molecular complexity index is 746. The molecule has 0 N–H and O–H groups in total. The topological polar surface area (TPSA) is 57.7 Å². The van der Waals surface area contributed by atoms with Crippen molar-refractivity contribution in [3.63, 3.8) is 0 Å². The number of carbonyl (C=O) groups is 3. The lowest BCUT2D eigenvalue weighted by Gasteiger charge is -2.15. The van der Waals surface area contributed by atoms with Gasteiger partial charge in [0.05, 0.1) is 11.4 Å². The van der Waals surface area contributed by atoms with E-state index in [4.69, 9.17) is 11.6 Å². The average Bonchev–Trinajstić information content (AvgIpc) is 2.70. The molecule has 3 rings (SSSR count). The highest BCUT2D eigenvalue weighted by Crippen LogP contribution is 2.28. The molecule has 1 aliphatic heterocycles. The van der Waals surface area contributed by atoms with Crippen LogP contribution in [0.5, 0.6) is 0 Å². The fourth-order valence-electron chi connectivity index (χ4n) is 2.11. The Morgan fingerprint density at radius 1 is 0.714 bits per heavy atom. The van der Waals surface area contributed by atoms with E-state index in [1.165, 1.54) is 6.07 Å². The number of halogens is 1. The van der Waals surface area contributed by atoms with Crippen molar-refractivity contribution in [1.29, 1.82) is 0 Å². The van der Waals surface area contributed by atoms with Crippen molar-refractivity contribution >= 4 is 40.8 Å². The number of imide groups is 2. The minimum absolute atomic E-state index is 0.268. The zero-order valence-corrected chi connectivity index (χ0v) is 11.4. The SMILES string of the molecule is O=C1C(=O)N(c2cccc(Cl)c2)C(=O)N1c1ccccc1. The number of nitrogens with zero attached hydrogens (tertiary/aromatic N) is 2. The number of carbonyl (C=O) groups excluding carboxylic acids is 3. The number of rotatable bonds is 2. The number of amides is 4. The molecule has 104 valence electrons. The van der Waals surface area contributed by atoms with E-state index in [0.29, 0.717) is 10.7 Å². The van der Waals surface area contributed by atoms with Gasteiger partial charge in [-0.2, -0.15) is 0 Å². The van der Waals surface area contributed by atoms with Crippen LogP contribution in [0.1, 0.15) is 0 Å². The fraction of sp³-hybridized carbons (Fsp3) is 0. The number of benzene rings is 2. The number of anilines is 2. The van der Waals surface area contributed by atoms with Crippen molar-refractivity contribution in [2.75, 3.05) is 9.80 Å². The molecule has 1 fully saturated rings. The first-order chi connectivity index (χ1) is 10.1. The molecule has 4 amide bonds. The van der Waals surface area contributed by atoms with Gasteiger partial charge in [0.1, 0.15) is 0 Å². The molecule has 0 saturated carbocycles. The predicted octanol–water partition coefficient (Wildman–Crippen LogP) is 2.84. The Labute approximate surface area is 125 Å². The second-order valence-corrected chi connectivity index (χ2v) is 4.82. The largest absolute Gasteiger partial charge is 0.343 e. The van der Waals surface area contributed by atoms with Gasteiger partial charge in [-0.25, -0.2) is 14.6 Å². The van der Waals surface area contributed by atoms with Gasteiger partial charge in [-0.05, 0) is 30.3 Å². The predicted molar refractivity (Wildman–Crippen MR) is 78.3 cm³/mol. The summed E-state index contributed by atoms with van der Waals surface area (Å²) in [6.45, 7) is 0. The van der Waals surface area contributed by atoms with Crippen molar-refractivity contribution in [1.82, 2.24) is 0 Å². The Morgan fingerprint density at radius 2 is 1.29 bits per heavy atom. The molecular formula is C15H9ClN2O3. The average molecular weight is 301 g/mol. The van der Waals surface area contributed by atoms with Crippen molar-refractivity contribution in [2.45, 2.75) is 0 Å². The summed E-state index contributed by atoms with van der Waals surface area (Å²) >= 11 is 5.86. The third-order valence-electron chi connectivity index (χ3n) is 3.05. The van der Waals surface area contributed by atoms with Gasteiger partial charge in [-0.3, -0.25) is 9.59 Å². The highest BCUT2D eigenvalue weighted by Gasteiger charge is 2.46. The molecule has 5 nitrogen and oxygen atoms in total. The van der Waals surface area contributed by atoms with E-state index in [2.05, 4.69) is 0 Å². The molecule has 0 aliphatic carbocycles. The van der Waals surface area contributed by atoms with E-state index in [1.54, 1.807) is 48.5 Å². The van der Waals surface area contributed by atoms with Gasteiger partial charge in [-0.1, -0.05) is 35.9 Å². The van der Waals surface area contributed by atoms with Crippen LogP contribution >= 0.6 is 11.6 Å². The molecule has 0 spiro atoms. The third kappa shape index (κ3) is 2.17. The lowest BCUT2D eigenvalue weighted by atomic mass is 10.3. The van der Waals surface area contributed by atoms with Gasteiger partial charge < -0.3 is 0 Å². The quantitative estimate of drug-likeness (QED) is 0.633. The minimum atomic E-state index is -0.897. The lowest BCUT2D eigenvalue weighted by molar-refractivity contribution is -0.133. The van der Waals surface area contributed by atoms with E-state index >= 15 is 0 Å². The number of para-hydroxylation sites is 1. The van der Waals surface area contributed by atoms with E-state index in [0.717, 1.165) is 9.80 Å². The van der Waals surface area contributed by atoms with Gasteiger partial charge in [0.15, 0.2) is 0 Å². The Hall–Kier alpha value is -2.66. The maximum absolute atomic E-state index is 12.4. The molecule has 1 aliphatic rings. The monoisotopic (exact) mass is 300 g/mol. The van der Waals surface area contributed by atoms with Gasteiger partial charge in [0.25, 0.3) is 0 Å². The van der Waals surface area contributed by atoms with Crippen LogP contribution in [0.15, 0.2) is 54.6 Å². The van der Waals surface area contributed by atoms with E-state index in [-0.39, 0.29) is 5.69 Å². The highest BCUT2D eigenvalue weighted by atomic mass is 35.5. The van der Waals surface area contributed by atoms with Crippen LogP contribution < -0.4 is 9.80 Å². The first-order valence-corrected chi connectivity index (χ1v) is 6.50. The molecule has 0 unspecified atom stereocenters. The second kappa shape index (κ2) is 5.03. The molecule has 1 saturated heterocycles. The third-order valence-corrected chi connectivity index (χ3v) is 3.29. The minimum Gasteiger partial charge on any atom is -0.262 e. The highest BCUT2D eigenvalue weighted by molar-refractivity contribution is 6.60. The van der Waals surface area contributed by atoms with E-state index in [9.17, 15) is 14.4 Å². The molecule has 0 atom stereocenters. The zero-order valence-electron chi connectivity index (χ0n) is 10.7. The van der Waals surface area contributed by atoms with Crippen molar-refractivity contribution in [2.24, 2.45) is 0 Å². The summed E-state index contributed by atoms with van der Waals surface area (Å²) in [6.07, 6.45) is 0. The zero-order chi connectivity index (χ0) is 15.0. The van der Waals surface area contributed by atoms with Crippen LogP contribution in [-0.4, -0.2) is 17.8 Å². The van der Waals surface area contributed by atoms with Crippen molar-refractivity contribution in [3.05, 3.63) is 59.6 Å². The van der Waals surface area contributed by atoms with Gasteiger partial charge in [0, 0.05) is 5.02 Å². The fourth-order valence-corrected chi connectivity index (χ4v) is 2.30. The van der Waals surface area contributed by atoms with Crippen LogP contribution in [0.25, 0.3) is 0 Å². The number of urea groups is 1. The summed E-state index contributed by atoms with van der Waals surface area (Å²) in [5, 5.41) is 0.374. The normalized spacial score (nSPS) is 15.0. The van der Waals surface area contributed by atoms with E-state index < -0.39 is 17.8 Å². The molecule has 6 heteroatoms. The summed E-state index contributed by atoms with van der Waals surface area (Å²) in [5.41, 5.74) is 0.620. The maximum atomic E-state index is 12.4. The lowest BCUT2D eigenvalue weighted by Crippen LogP contribution is -2.33. The molecule has 0 bridgehead atoms. The molecule has 0 aromatic heterocycles. The van der Waals surface area contributed by atoms with Gasteiger partial charge in [0.2, 0.25) is 0 Å². The van der Waals surface area contributed by atoms with Gasteiger partial charge in [-0.15, -0.1) is 0 Å². The molecule has 1 heterocycles.